The van der Waals surface area contributed by atoms with E-state index in [1.54, 1.807) is 24.2 Å². The lowest BCUT2D eigenvalue weighted by molar-refractivity contribution is 0.0584. The lowest BCUT2D eigenvalue weighted by Gasteiger charge is -2.19. The van der Waals surface area contributed by atoms with Crippen molar-refractivity contribution in [2.24, 2.45) is 0 Å². The standard InChI is InChI=1S/C7H13NO/c1-4-6-7(9)8(3)5-2/h4-5,7,9H,1-2,6H2,3H3. The summed E-state index contributed by atoms with van der Waals surface area (Å²) in [5.74, 6) is 0. The van der Waals surface area contributed by atoms with Crippen molar-refractivity contribution in [3.8, 4) is 0 Å². The highest BCUT2D eigenvalue weighted by Crippen LogP contribution is 1.96. The van der Waals surface area contributed by atoms with Crippen LogP contribution in [0.5, 0.6) is 0 Å². The molecule has 2 heteroatoms. The zero-order valence-electron chi connectivity index (χ0n) is 5.75. The maximum Gasteiger partial charge on any atom is 0.129 e. The minimum atomic E-state index is -0.472. The van der Waals surface area contributed by atoms with E-state index in [0.717, 1.165) is 0 Å². The molecular weight excluding hydrogens is 114 g/mol. The summed E-state index contributed by atoms with van der Waals surface area (Å²) in [6.07, 6.45) is 3.35. The van der Waals surface area contributed by atoms with Crippen molar-refractivity contribution in [1.82, 2.24) is 4.90 Å². The first-order valence-corrected chi connectivity index (χ1v) is 2.85. The van der Waals surface area contributed by atoms with Gasteiger partial charge in [0.2, 0.25) is 0 Å². The Morgan fingerprint density at radius 2 is 2.22 bits per heavy atom. The lowest BCUT2D eigenvalue weighted by atomic mass is 10.3. The van der Waals surface area contributed by atoms with Crippen LogP contribution in [-0.2, 0) is 0 Å². The van der Waals surface area contributed by atoms with Gasteiger partial charge in [-0.1, -0.05) is 12.7 Å². The van der Waals surface area contributed by atoms with Crippen molar-refractivity contribution in [3.05, 3.63) is 25.4 Å². The van der Waals surface area contributed by atoms with Crippen molar-refractivity contribution < 1.29 is 5.11 Å². The van der Waals surface area contributed by atoms with E-state index in [2.05, 4.69) is 13.2 Å². The van der Waals surface area contributed by atoms with E-state index in [4.69, 9.17) is 5.11 Å². The monoisotopic (exact) mass is 127 g/mol. The van der Waals surface area contributed by atoms with E-state index >= 15 is 0 Å². The van der Waals surface area contributed by atoms with E-state index in [-0.39, 0.29) is 0 Å². The molecule has 0 rings (SSSR count). The van der Waals surface area contributed by atoms with Crippen LogP contribution in [0.15, 0.2) is 25.4 Å². The van der Waals surface area contributed by atoms with Gasteiger partial charge in [0.05, 0.1) is 0 Å². The summed E-state index contributed by atoms with van der Waals surface area (Å²) in [6, 6.07) is 0. The van der Waals surface area contributed by atoms with E-state index in [1.165, 1.54) is 0 Å². The van der Waals surface area contributed by atoms with Crippen molar-refractivity contribution in [3.63, 3.8) is 0 Å². The molecule has 0 aromatic heterocycles. The third kappa shape index (κ3) is 2.93. The molecule has 0 aliphatic rings. The maximum absolute atomic E-state index is 9.10. The van der Waals surface area contributed by atoms with Gasteiger partial charge in [-0.2, -0.15) is 0 Å². The van der Waals surface area contributed by atoms with Gasteiger partial charge in [-0.25, -0.2) is 0 Å². The Bertz CT molecular complexity index is 101. The van der Waals surface area contributed by atoms with Crippen molar-refractivity contribution in [1.29, 1.82) is 0 Å². The summed E-state index contributed by atoms with van der Waals surface area (Å²) in [6.45, 7) is 6.99. The highest BCUT2D eigenvalue weighted by molar-refractivity contribution is 4.76. The lowest BCUT2D eigenvalue weighted by Crippen LogP contribution is -2.25. The highest BCUT2D eigenvalue weighted by atomic mass is 16.3. The summed E-state index contributed by atoms with van der Waals surface area (Å²) >= 11 is 0. The second-order valence-electron chi connectivity index (χ2n) is 1.85. The Hall–Kier alpha value is -0.760. The van der Waals surface area contributed by atoms with Crippen LogP contribution in [0.2, 0.25) is 0 Å². The predicted octanol–water partition coefficient (Wildman–Crippen LogP) is 0.956. The van der Waals surface area contributed by atoms with E-state index < -0.39 is 6.23 Å². The van der Waals surface area contributed by atoms with E-state index in [9.17, 15) is 0 Å². The molecule has 0 radical (unpaired) electrons. The Balaban J connectivity index is 3.56. The second kappa shape index (κ2) is 4.15. The van der Waals surface area contributed by atoms with Gasteiger partial charge in [0, 0.05) is 13.5 Å². The molecular formula is C7H13NO. The number of hydrogen-bond donors (Lipinski definition) is 1. The summed E-state index contributed by atoms with van der Waals surface area (Å²) in [5.41, 5.74) is 0. The molecule has 1 atom stereocenters. The Morgan fingerprint density at radius 3 is 2.56 bits per heavy atom. The van der Waals surface area contributed by atoms with Crippen LogP contribution in [0.1, 0.15) is 6.42 Å². The fourth-order valence-electron chi connectivity index (χ4n) is 0.437. The van der Waals surface area contributed by atoms with Crippen LogP contribution in [0.3, 0.4) is 0 Å². The number of nitrogens with zero attached hydrogens (tertiary/aromatic N) is 1. The molecule has 2 nitrogen and oxygen atoms in total. The average Bonchev–Trinajstić information content (AvgIpc) is 1.87. The van der Waals surface area contributed by atoms with Gasteiger partial charge in [-0.05, 0) is 6.20 Å². The van der Waals surface area contributed by atoms with Crippen molar-refractivity contribution in [2.75, 3.05) is 7.05 Å². The average molecular weight is 127 g/mol. The van der Waals surface area contributed by atoms with Crippen LogP contribution in [0.25, 0.3) is 0 Å². The normalized spacial score (nSPS) is 12.2. The fourth-order valence-corrected chi connectivity index (χ4v) is 0.437. The number of rotatable bonds is 4. The summed E-state index contributed by atoms with van der Waals surface area (Å²) < 4.78 is 0. The van der Waals surface area contributed by atoms with Crippen molar-refractivity contribution >= 4 is 0 Å². The zero-order chi connectivity index (χ0) is 7.28. The van der Waals surface area contributed by atoms with Gasteiger partial charge < -0.3 is 10.0 Å². The molecule has 0 aliphatic heterocycles. The molecule has 0 aliphatic carbocycles. The smallest absolute Gasteiger partial charge is 0.129 e. The molecule has 0 saturated heterocycles. The largest absolute Gasteiger partial charge is 0.373 e. The molecule has 0 aromatic rings. The molecule has 0 amide bonds. The fraction of sp³-hybridized carbons (Fsp3) is 0.429. The molecule has 0 fully saturated rings. The van der Waals surface area contributed by atoms with Crippen LogP contribution < -0.4 is 0 Å². The first-order valence-electron chi connectivity index (χ1n) is 2.85. The van der Waals surface area contributed by atoms with E-state index in [1.807, 2.05) is 0 Å². The SMILES string of the molecule is C=CCC(O)N(C)C=C. The van der Waals surface area contributed by atoms with Gasteiger partial charge in [0.1, 0.15) is 6.23 Å². The Kier molecular flexibility index (Phi) is 3.80. The summed E-state index contributed by atoms with van der Waals surface area (Å²) in [7, 11) is 1.77. The number of aliphatic hydroxyl groups excluding tert-OH is 1. The van der Waals surface area contributed by atoms with E-state index in [0.29, 0.717) is 6.42 Å². The molecule has 0 saturated carbocycles. The first kappa shape index (κ1) is 8.24. The molecule has 52 valence electrons. The minimum absolute atomic E-state index is 0.472. The van der Waals surface area contributed by atoms with Gasteiger partial charge in [-0.3, -0.25) is 0 Å². The van der Waals surface area contributed by atoms with Crippen LogP contribution >= 0.6 is 0 Å². The Morgan fingerprint density at radius 1 is 1.67 bits per heavy atom. The number of aliphatic hydroxyl groups is 1. The van der Waals surface area contributed by atoms with Crippen LogP contribution in [0, 0.1) is 0 Å². The molecule has 0 spiro atoms. The van der Waals surface area contributed by atoms with Gasteiger partial charge in [-0.15, -0.1) is 6.58 Å². The van der Waals surface area contributed by atoms with Gasteiger partial charge in [0.25, 0.3) is 0 Å². The molecule has 9 heavy (non-hydrogen) atoms. The zero-order valence-corrected chi connectivity index (χ0v) is 5.75. The van der Waals surface area contributed by atoms with Gasteiger partial charge in [0.15, 0.2) is 0 Å². The third-order valence-electron chi connectivity index (χ3n) is 1.14. The molecule has 0 aromatic carbocycles. The number of hydrogen-bond acceptors (Lipinski definition) is 2. The van der Waals surface area contributed by atoms with Gasteiger partial charge >= 0.3 is 0 Å². The van der Waals surface area contributed by atoms with Crippen molar-refractivity contribution in [2.45, 2.75) is 12.6 Å². The minimum Gasteiger partial charge on any atom is -0.373 e. The third-order valence-corrected chi connectivity index (χ3v) is 1.14. The quantitative estimate of drug-likeness (QED) is 0.449. The Labute approximate surface area is 56.1 Å². The topological polar surface area (TPSA) is 23.5 Å². The van der Waals surface area contributed by atoms with Crippen LogP contribution in [-0.4, -0.2) is 23.3 Å². The summed E-state index contributed by atoms with van der Waals surface area (Å²) in [5, 5.41) is 9.10. The predicted molar refractivity (Wildman–Crippen MR) is 38.8 cm³/mol. The first-order chi connectivity index (χ1) is 4.22. The maximum atomic E-state index is 9.10. The molecule has 0 heterocycles. The van der Waals surface area contributed by atoms with Crippen LogP contribution in [0.4, 0.5) is 0 Å². The highest BCUT2D eigenvalue weighted by Gasteiger charge is 2.01. The molecule has 1 unspecified atom stereocenters. The molecule has 0 bridgehead atoms. The summed E-state index contributed by atoms with van der Waals surface area (Å²) in [4.78, 5) is 1.63. The second-order valence-corrected chi connectivity index (χ2v) is 1.85. The molecule has 1 N–H and O–H groups in total.